The van der Waals surface area contributed by atoms with Crippen molar-refractivity contribution in [3.8, 4) is 0 Å². The third-order valence-corrected chi connectivity index (χ3v) is 15.0. The Hall–Kier alpha value is 0.721. The van der Waals surface area contributed by atoms with E-state index in [1.54, 1.807) is 0 Å². The van der Waals surface area contributed by atoms with E-state index in [1.165, 1.54) is 0 Å². The van der Waals surface area contributed by atoms with Gasteiger partial charge in [-0.3, -0.25) is 9.32 Å². The summed E-state index contributed by atoms with van der Waals surface area (Å²) >= 11 is 0. The summed E-state index contributed by atoms with van der Waals surface area (Å²) in [5.74, 6) is -0.552. The van der Waals surface area contributed by atoms with Crippen molar-refractivity contribution < 1.29 is 44.7 Å². The first-order valence-electron chi connectivity index (χ1n) is 14.4. The zero-order valence-corrected chi connectivity index (χ0v) is 35.8. The van der Waals surface area contributed by atoms with E-state index < -0.39 is 94.4 Å². The average Bonchev–Trinajstić information content (AvgIpc) is 2.58. The highest BCUT2D eigenvalue weighted by molar-refractivity contribution is 7.52. The second-order valence-electron chi connectivity index (χ2n) is 16.5. The lowest BCUT2D eigenvalue weighted by atomic mass is 9.99. The molecule has 0 N–H and O–H groups in total. The third kappa shape index (κ3) is 16.0. The van der Waals surface area contributed by atoms with Crippen LogP contribution >= 0.6 is 7.82 Å². The van der Waals surface area contributed by atoms with Gasteiger partial charge >= 0.3 is 13.8 Å². The van der Waals surface area contributed by atoms with Crippen LogP contribution in [0.15, 0.2) is 0 Å². The fraction of sp³-hybridized carbons (Fsp3) is 0.958. The summed E-state index contributed by atoms with van der Waals surface area (Å²) in [4.78, 5) is 13.8. The maximum atomic E-state index is 14.3. The van der Waals surface area contributed by atoms with Gasteiger partial charge in [0.05, 0.1) is 0 Å². The number of phosphoric acid groups is 1. The molecule has 0 aromatic carbocycles. The van der Waals surface area contributed by atoms with Gasteiger partial charge in [-0.15, -0.1) is 0 Å². The topological polar surface area (TPSA) is 108 Å². The molecule has 1 heterocycles. The molecule has 0 bridgehead atoms. The zero-order chi connectivity index (χ0) is 32.6. The lowest BCUT2D eigenvalue weighted by molar-refractivity contribution is -0.263. The quantitative estimate of drug-likeness (QED) is 0.133. The van der Waals surface area contributed by atoms with Crippen LogP contribution < -0.4 is 0 Å². The van der Waals surface area contributed by atoms with Gasteiger partial charge in [0.15, 0.2) is 54.0 Å². The fourth-order valence-electron chi connectivity index (χ4n) is 3.92. The number of carbonyl (C=O) groups excluding carboxylic acids is 1. The number of rotatable bonds is 14. The minimum absolute atomic E-state index is 0.552. The molecule has 41 heavy (non-hydrogen) atoms. The zero-order valence-electron chi connectivity index (χ0n) is 28.9. The Bertz CT molecular complexity index is 908. The Morgan fingerprint density at radius 3 is 1.24 bits per heavy atom. The van der Waals surface area contributed by atoms with Gasteiger partial charge in [-0.1, -0.05) is 0 Å². The number of hydrogen-bond donors (Lipinski definition) is 0. The van der Waals surface area contributed by atoms with E-state index in [-0.39, 0.29) is 0 Å². The second-order valence-corrected chi connectivity index (χ2v) is 45.3. The molecule has 5 atom stereocenters. The molecule has 0 aromatic heterocycles. The lowest BCUT2D eigenvalue weighted by Crippen LogP contribution is -2.67. The second kappa shape index (κ2) is 13.6. The highest BCUT2D eigenvalue weighted by Gasteiger charge is 2.57. The molecule has 0 spiro atoms. The first kappa shape index (κ1) is 39.7. The van der Waals surface area contributed by atoms with E-state index in [4.69, 9.17) is 35.4 Å². The summed E-state index contributed by atoms with van der Waals surface area (Å²) in [5.41, 5.74) is 0. The monoisotopic (exact) mass is 706 g/mol. The molecular weight excluding hydrogens is 648 g/mol. The highest BCUT2D eigenvalue weighted by atomic mass is 31.2. The fourth-order valence-corrected chi connectivity index (χ4v) is 14.5. The summed E-state index contributed by atoms with van der Waals surface area (Å²) < 4.78 is 65.3. The smallest absolute Gasteiger partial charge is 0.457 e. The summed E-state index contributed by atoms with van der Waals surface area (Å²) in [6.07, 6.45) is -4.89. The predicted octanol–water partition coefficient (Wildman–Crippen LogP) is 7.58. The standard InChI is InChI=1S/C24H59O10PSi6/c1-36(2,3)29-19-20(30-37(4,5)6)22(31-38(7,8)9)24(27-21(19)23(25)32-39(10,11)12)28-35(26,33-40(13,14)15)34-41(16,17)18/h19-22,24H,1-18H3. The summed E-state index contributed by atoms with van der Waals surface area (Å²) in [5, 5.41) is 0. The Morgan fingerprint density at radius 2 is 0.902 bits per heavy atom. The van der Waals surface area contributed by atoms with Crippen molar-refractivity contribution in [3.63, 3.8) is 0 Å². The van der Waals surface area contributed by atoms with E-state index >= 15 is 0 Å². The Kier molecular flexibility index (Phi) is 13.2. The highest BCUT2D eigenvalue weighted by Crippen LogP contribution is 2.56. The van der Waals surface area contributed by atoms with Crippen LogP contribution in [-0.2, 0) is 44.7 Å². The molecule has 0 amide bonds. The Morgan fingerprint density at radius 1 is 0.537 bits per heavy atom. The number of carbonyl (C=O) groups is 1. The number of ether oxygens (including phenoxy) is 1. The molecule has 0 aromatic rings. The molecule has 1 aliphatic heterocycles. The molecule has 5 unspecified atom stereocenters. The molecule has 244 valence electrons. The Balaban J connectivity index is 3.88. The van der Waals surface area contributed by atoms with Crippen molar-refractivity contribution in [1.82, 2.24) is 0 Å². The van der Waals surface area contributed by atoms with E-state index in [0.717, 1.165) is 0 Å². The van der Waals surface area contributed by atoms with Crippen LogP contribution in [0.4, 0.5) is 0 Å². The normalized spacial score (nSPS) is 25.8. The molecule has 17 heteroatoms. The molecular formula is C24H59O10PSi6. The van der Waals surface area contributed by atoms with Crippen molar-refractivity contribution in [3.05, 3.63) is 0 Å². The van der Waals surface area contributed by atoms with Crippen molar-refractivity contribution in [2.75, 3.05) is 0 Å². The number of hydrogen-bond acceptors (Lipinski definition) is 10. The molecule has 0 saturated carbocycles. The molecule has 1 rings (SSSR count). The summed E-state index contributed by atoms with van der Waals surface area (Å²) in [7, 11) is -18.1. The van der Waals surface area contributed by atoms with Gasteiger partial charge in [0, 0.05) is 0 Å². The molecule has 1 fully saturated rings. The third-order valence-electron chi connectivity index (χ3n) is 4.61. The minimum atomic E-state index is -4.16. The minimum Gasteiger partial charge on any atom is -0.518 e. The largest absolute Gasteiger partial charge is 0.518 e. The van der Waals surface area contributed by atoms with Gasteiger partial charge in [0.2, 0.25) is 8.32 Å². The van der Waals surface area contributed by atoms with Gasteiger partial charge in [0.25, 0.3) is 0 Å². The van der Waals surface area contributed by atoms with E-state index in [0.29, 0.717) is 0 Å². The van der Waals surface area contributed by atoms with Crippen LogP contribution in [-0.4, -0.2) is 86.6 Å². The summed E-state index contributed by atoms with van der Waals surface area (Å²) in [6.45, 7) is 35.8. The molecule has 10 nitrogen and oxygen atoms in total. The van der Waals surface area contributed by atoms with Crippen LogP contribution in [0.25, 0.3) is 0 Å². The van der Waals surface area contributed by atoms with Gasteiger partial charge in [-0.25, -0.2) is 4.57 Å². The van der Waals surface area contributed by atoms with Crippen LogP contribution in [0.2, 0.25) is 118 Å². The van der Waals surface area contributed by atoms with E-state index in [2.05, 4.69) is 19.6 Å². The molecule has 0 radical (unpaired) electrons. The van der Waals surface area contributed by atoms with Crippen molar-refractivity contribution in [2.45, 2.75) is 149 Å². The van der Waals surface area contributed by atoms with Crippen molar-refractivity contribution >= 4 is 63.7 Å². The van der Waals surface area contributed by atoms with Crippen LogP contribution in [0, 0.1) is 0 Å². The molecule has 1 aliphatic rings. The van der Waals surface area contributed by atoms with Gasteiger partial charge < -0.3 is 30.9 Å². The maximum absolute atomic E-state index is 14.3. The Labute approximate surface area is 256 Å². The van der Waals surface area contributed by atoms with E-state index in [1.807, 2.05) is 98.2 Å². The first-order valence-corrected chi connectivity index (χ1v) is 36.3. The van der Waals surface area contributed by atoms with Gasteiger partial charge in [-0.2, -0.15) is 0 Å². The van der Waals surface area contributed by atoms with Crippen LogP contribution in [0.1, 0.15) is 0 Å². The predicted molar refractivity (Wildman–Crippen MR) is 180 cm³/mol. The van der Waals surface area contributed by atoms with Crippen LogP contribution in [0.3, 0.4) is 0 Å². The molecule has 1 saturated heterocycles. The maximum Gasteiger partial charge on any atom is 0.457 e. The summed E-state index contributed by atoms with van der Waals surface area (Å²) in [6, 6.07) is 0. The first-order chi connectivity index (χ1) is 17.8. The van der Waals surface area contributed by atoms with E-state index in [9.17, 15) is 9.36 Å². The molecule has 0 aliphatic carbocycles. The average molecular weight is 707 g/mol. The van der Waals surface area contributed by atoms with Crippen molar-refractivity contribution in [2.24, 2.45) is 0 Å². The lowest BCUT2D eigenvalue weighted by Gasteiger charge is -2.50. The van der Waals surface area contributed by atoms with Gasteiger partial charge in [0.1, 0.15) is 18.3 Å². The van der Waals surface area contributed by atoms with Crippen LogP contribution in [0.5, 0.6) is 0 Å². The van der Waals surface area contributed by atoms with Crippen molar-refractivity contribution in [1.29, 1.82) is 0 Å². The SMILES string of the molecule is C[Si](C)(C)OC(=O)C1OC(OP(=O)(O[Si](C)(C)C)O[Si](C)(C)C)C(O[Si](C)(C)C)C(O[Si](C)(C)C)C1O[Si](C)(C)C. The van der Waals surface area contributed by atoms with Gasteiger partial charge in [-0.05, 0) is 118 Å².